The first-order valence-electron chi connectivity index (χ1n) is 6.86. The second kappa shape index (κ2) is 6.23. The lowest BCUT2D eigenvalue weighted by Gasteiger charge is -2.36. The highest BCUT2D eigenvalue weighted by atomic mass is 32.2. The van der Waals surface area contributed by atoms with Gasteiger partial charge in [-0.15, -0.1) is 0 Å². The van der Waals surface area contributed by atoms with E-state index in [4.69, 9.17) is 0 Å². The van der Waals surface area contributed by atoms with Gasteiger partial charge in [0, 0.05) is 4.90 Å². The Labute approximate surface area is 118 Å². The molecule has 0 radical (unpaired) electrons. The van der Waals surface area contributed by atoms with Gasteiger partial charge in [-0.3, -0.25) is 4.90 Å². The van der Waals surface area contributed by atoms with E-state index in [2.05, 4.69) is 0 Å². The molecule has 1 saturated heterocycles. The molecule has 106 valence electrons. The number of nitrogens with zero attached hydrogens (tertiary/aromatic N) is 1. The Morgan fingerprint density at radius 1 is 1.11 bits per heavy atom. The molecule has 19 heavy (non-hydrogen) atoms. The molecule has 0 amide bonds. The largest absolute Gasteiger partial charge is 0.313 e. The lowest BCUT2D eigenvalue weighted by Crippen LogP contribution is -2.48. The van der Waals surface area contributed by atoms with E-state index in [1.807, 2.05) is 24.8 Å². The molecule has 0 N–H and O–H groups in total. The molecule has 0 spiro atoms. The van der Waals surface area contributed by atoms with E-state index in [1.165, 1.54) is 0 Å². The van der Waals surface area contributed by atoms with Crippen molar-refractivity contribution in [3.8, 4) is 0 Å². The van der Waals surface area contributed by atoms with Gasteiger partial charge in [0.1, 0.15) is 0 Å². The van der Waals surface area contributed by atoms with Gasteiger partial charge in [0.05, 0.1) is 6.04 Å². The molecule has 1 nitrogen and oxygen atoms in total. The first-order valence-corrected chi connectivity index (χ1v) is 7.68. The molecule has 1 fully saturated rings. The summed E-state index contributed by atoms with van der Waals surface area (Å²) in [6, 6.07) is 8.28. The summed E-state index contributed by atoms with van der Waals surface area (Å²) >= 11 is 0.694. The lowest BCUT2D eigenvalue weighted by molar-refractivity contribution is -0.0172. The van der Waals surface area contributed by atoms with Crippen molar-refractivity contribution in [1.82, 2.24) is 4.90 Å². The van der Waals surface area contributed by atoms with Crippen LogP contribution in [0.3, 0.4) is 0 Å². The van der Waals surface area contributed by atoms with Crippen LogP contribution in [0.2, 0.25) is 0 Å². The fourth-order valence-corrected chi connectivity index (χ4v) is 3.90. The molecule has 1 aromatic carbocycles. The summed E-state index contributed by atoms with van der Waals surface area (Å²) in [5, 5.41) is -2.75. The van der Waals surface area contributed by atoms with Crippen molar-refractivity contribution >= 4 is 11.8 Å². The van der Waals surface area contributed by atoms with Crippen LogP contribution in [0.4, 0.5) is 8.78 Å². The molecule has 2 rings (SSSR count). The maximum atomic E-state index is 14.6. The fraction of sp³-hybridized carbons (Fsp3) is 0.600. The second-order valence-corrected chi connectivity index (χ2v) is 6.63. The molecule has 0 aliphatic carbocycles. The zero-order valence-corrected chi connectivity index (χ0v) is 12.3. The van der Waals surface area contributed by atoms with Crippen molar-refractivity contribution in [3.05, 3.63) is 30.3 Å². The zero-order valence-electron chi connectivity index (χ0n) is 11.5. The number of halogens is 2. The van der Waals surface area contributed by atoms with Gasteiger partial charge in [-0.1, -0.05) is 43.8 Å². The maximum Gasteiger partial charge on any atom is 0.313 e. The number of benzene rings is 1. The van der Waals surface area contributed by atoms with E-state index in [0.717, 1.165) is 25.9 Å². The highest BCUT2D eigenvalue weighted by molar-refractivity contribution is 8.00. The standard InChI is InChI=1S/C15H21F2NS/c1-12(2)14(18-10-6-7-11-18)15(16,17)19-13-8-4-3-5-9-13/h3-5,8-9,12,14H,6-7,10-11H2,1-2H3. The Morgan fingerprint density at radius 2 is 1.68 bits per heavy atom. The Balaban J connectivity index is 2.14. The third kappa shape index (κ3) is 3.69. The molecule has 4 heteroatoms. The number of likely N-dealkylation sites (tertiary alicyclic amines) is 1. The van der Waals surface area contributed by atoms with E-state index >= 15 is 0 Å². The summed E-state index contributed by atoms with van der Waals surface area (Å²) in [7, 11) is 0. The van der Waals surface area contributed by atoms with Crippen LogP contribution < -0.4 is 0 Å². The van der Waals surface area contributed by atoms with E-state index < -0.39 is 11.3 Å². The monoisotopic (exact) mass is 285 g/mol. The molecule has 0 saturated carbocycles. The van der Waals surface area contributed by atoms with Crippen LogP contribution >= 0.6 is 11.8 Å². The zero-order chi connectivity index (χ0) is 13.9. The number of hydrogen-bond acceptors (Lipinski definition) is 2. The highest BCUT2D eigenvalue weighted by Crippen LogP contribution is 2.43. The van der Waals surface area contributed by atoms with Gasteiger partial charge in [0.25, 0.3) is 0 Å². The molecule has 1 atom stereocenters. The normalized spacial score (nSPS) is 19.0. The van der Waals surface area contributed by atoms with Crippen LogP contribution in [-0.4, -0.2) is 29.3 Å². The third-order valence-electron chi connectivity index (χ3n) is 3.51. The number of hydrogen-bond donors (Lipinski definition) is 0. The summed E-state index contributed by atoms with van der Waals surface area (Å²) in [6.45, 7) is 5.38. The van der Waals surface area contributed by atoms with Crippen LogP contribution in [0.15, 0.2) is 35.2 Å². The van der Waals surface area contributed by atoms with Crippen LogP contribution in [0.1, 0.15) is 26.7 Å². The number of alkyl halides is 2. The quantitative estimate of drug-likeness (QED) is 0.733. The number of thioether (sulfide) groups is 1. The fourth-order valence-electron chi connectivity index (χ4n) is 2.75. The van der Waals surface area contributed by atoms with Gasteiger partial charge >= 0.3 is 5.25 Å². The summed E-state index contributed by atoms with van der Waals surface area (Å²) in [5.74, 6) is -0.0516. The summed E-state index contributed by atoms with van der Waals surface area (Å²) in [5.41, 5.74) is 0. The van der Waals surface area contributed by atoms with Gasteiger partial charge in [-0.05, 0) is 44.0 Å². The topological polar surface area (TPSA) is 3.24 Å². The number of rotatable bonds is 5. The molecule has 0 aromatic heterocycles. The summed E-state index contributed by atoms with van der Waals surface area (Å²) in [4.78, 5) is 2.60. The predicted octanol–water partition coefficient (Wildman–Crippen LogP) is 4.49. The molecular weight excluding hydrogens is 264 g/mol. The van der Waals surface area contributed by atoms with Gasteiger partial charge in [-0.2, -0.15) is 8.78 Å². The molecule has 1 aliphatic heterocycles. The Morgan fingerprint density at radius 3 is 2.21 bits per heavy atom. The lowest BCUT2D eigenvalue weighted by atomic mass is 10.0. The van der Waals surface area contributed by atoms with E-state index in [9.17, 15) is 8.78 Å². The Kier molecular flexibility index (Phi) is 4.85. The molecule has 1 heterocycles. The molecular formula is C15H21F2NS. The Hall–Kier alpha value is -0.610. The van der Waals surface area contributed by atoms with Crippen molar-refractivity contribution in [2.75, 3.05) is 13.1 Å². The van der Waals surface area contributed by atoms with Gasteiger partial charge in [-0.25, -0.2) is 0 Å². The minimum absolute atomic E-state index is 0.0516. The average molecular weight is 285 g/mol. The van der Waals surface area contributed by atoms with Crippen molar-refractivity contribution in [2.24, 2.45) is 5.92 Å². The molecule has 1 unspecified atom stereocenters. The first-order chi connectivity index (χ1) is 9.00. The van der Waals surface area contributed by atoms with Crippen LogP contribution in [0.5, 0.6) is 0 Å². The first kappa shape index (κ1) is 14.8. The maximum absolute atomic E-state index is 14.6. The van der Waals surface area contributed by atoms with Gasteiger partial charge in [0.2, 0.25) is 0 Å². The average Bonchev–Trinajstić information content (AvgIpc) is 2.82. The van der Waals surface area contributed by atoms with Crippen LogP contribution in [0, 0.1) is 5.92 Å². The van der Waals surface area contributed by atoms with E-state index in [0.29, 0.717) is 16.7 Å². The third-order valence-corrected chi connectivity index (χ3v) is 4.53. The van der Waals surface area contributed by atoms with Crippen LogP contribution in [-0.2, 0) is 0 Å². The minimum atomic E-state index is -2.75. The molecule has 0 bridgehead atoms. The van der Waals surface area contributed by atoms with Gasteiger partial charge in [0.15, 0.2) is 0 Å². The predicted molar refractivity (Wildman–Crippen MR) is 76.7 cm³/mol. The smallest absolute Gasteiger partial charge is 0.294 e. The van der Waals surface area contributed by atoms with Gasteiger partial charge < -0.3 is 0 Å². The van der Waals surface area contributed by atoms with E-state index in [1.54, 1.807) is 24.3 Å². The highest BCUT2D eigenvalue weighted by Gasteiger charge is 2.46. The van der Waals surface area contributed by atoms with Crippen molar-refractivity contribution in [1.29, 1.82) is 0 Å². The minimum Gasteiger partial charge on any atom is -0.294 e. The second-order valence-electron chi connectivity index (χ2n) is 5.41. The van der Waals surface area contributed by atoms with Crippen LogP contribution in [0.25, 0.3) is 0 Å². The van der Waals surface area contributed by atoms with E-state index in [-0.39, 0.29) is 5.92 Å². The Bertz CT molecular complexity index is 388. The molecule has 1 aromatic rings. The van der Waals surface area contributed by atoms with Crippen molar-refractivity contribution in [3.63, 3.8) is 0 Å². The summed E-state index contributed by atoms with van der Waals surface area (Å²) in [6.07, 6.45) is 2.07. The molecule has 1 aliphatic rings. The SMILES string of the molecule is CC(C)C(N1CCCC1)C(F)(F)Sc1ccccc1. The summed E-state index contributed by atoms with van der Waals surface area (Å²) < 4.78 is 29.2. The van der Waals surface area contributed by atoms with Crippen molar-refractivity contribution in [2.45, 2.75) is 42.9 Å². The van der Waals surface area contributed by atoms with Crippen molar-refractivity contribution < 1.29 is 8.78 Å².